The number of rotatable bonds is 3. The molecule has 0 amide bonds. The highest BCUT2D eigenvalue weighted by Crippen LogP contribution is 2.29. The van der Waals surface area contributed by atoms with Gasteiger partial charge in [0.1, 0.15) is 11.9 Å². The van der Waals surface area contributed by atoms with Crippen LogP contribution < -0.4 is 14.5 Å². The van der Waals surface area contributed by atoms with Gasteiger partial charge in [-0.1, -0.05) is 12.1 Å². The number of nitriles is 1. The van der Waals surface area contributed by atoms with Crippen LogP contribution in [0.4, 0.5) is 11.6 Å². The van der Waals surface area contributed by atoms with E-state index in [1.807, 2.05) is 25.1 Å². The lowest BCUT2D eigenvalue weighted by molar-refractivity contribution is 0.395. The molecule has 0 N–H and O–H groups in total. The Bertz CT molecular complexity index is 1280. The normalized spacial score (nSPS) is 14.3. The maximum atomic E-state index is 9.70. The molecule has 1 saturated heterocycles. The summed E-state index contributed by atoms with van der Waals surface area (Å²) in [4.78, 5) is 18.0. The molecule has 1 fully saturated rings. The van der Waals surface area contributed by atoms with Crippen LogP contribution in [0.5, 0.6) is 5.88 Å². The molecule has 0 saturated carbocycles. The minimum absolute atomic E-state index is 0.518. The predicted octanol–water partition coefficient (Wildman–Crippen LogP) is 2.79. The van der Waals surface area contributed by atoms with E-state index in [9.17, 15) is 5.26 Å². The summed E-state index contributed by atoms with van der Waals surface area (Å²) in [6.45, 7) is 5.26. The summed E-state index contributed by atoms with van der Waals surface area (Å²) in [5.41, 5.74) is 4.19. The van der Waals surface area contributed by atoms with Crippen LogP contribution in [0.3, 0.4) is 0 Å². The van der Waals surface area contributed by atoms with Crippen LogP contribution in [0.25, 0.3) is 16.7 Å². The predicted molar refractivity (Wildman–Crippen MR) is 115 cm³/mol. The summed E-state index contributed by atoms with van der Waals surface area (Å²) in [6, 6.07) is 12.4. The molecule has 1 aliphatic rings. The molecule has 0 spiro atoms. The standard InChI is InChI=1S/C22H21N7O/c1-15-11-21(29-18-6-4-3-5-17(18)25-22(29)16(15)12-23)28-9-7-27(8-10-28)19-13-24-14-20(26-19)30-2/h3-6,11,13-14H,7-10H2,1-2H3. The number of hydrogen-bond acceptors (Lipinski definition) is 7. The fourth-order valence-corrected chi connectivity index (χ4v) is 4.06. The van der Waals surface area contributed by atoms with Gasteiger partial charge >= 0.3 is 0 Å². The molecule has 5 rings (SSSR count). The first-order chi connectivity index (χ1) is 14.7. The van der Waals surface area contributed by atoms with E-state index in [2.05, 4.69) is 42.4 Å². The van der Waals surface area contributed by atoms with Crippen molar-refractivity contribution in [2.45, 2.75) is 6.92 Å². The number of ether oxygens (including phenoxy) is 1. The van der Waals surface area contributed by atoms with Crippen molar-refractivity contribution in [1.82, 2.24) is 19.4 Å². The monoisotopic (exact) mass is 399 g/mol. The summed E-state index contributed by atoms with van der Waals surface area (Å²) in [7, 11) is 1.60. The first-order valence-corrected chi connectivity index (χ1v) is 9.86. The molecule has 150 valence electrons. The molecule has 1 aliphatic heterocycles. The second-order valence-electron chi connectivity index (χ2n) is 7.33. The second kappa shape index (κ2) is 7.19. The van der Waals surface area contributed by atoms with Crippen LogP contribution >= 0.6 is 0 Å². The van der Waals surface area contributed by atoms with Crippen molar-refractivity contribution in [3.05, 3.63) is 53.9 Å². The molecule has 8 nitrogen and oxygen atoms in total. The Morgan fingerprint density at radius 1 is 1.03 bits per heavy atom. The maximum absolute atomic E-state index is 9.70. The Labute approximate surface area is 174 Å². The van der Waals surface area contributed by atoms with E-state index >= 15 is 0 Å². The quantitative estimate of drug-likeness (QED) is 0.524. The number of hydrogen-bond donors (Lipinski definition) is 0. The summed E-state index contributed by atoms with van der Waals surface area (Å²) in [5, 5.41) is 9.70. The van der Waals surface area contributed by atoms with E-state index in [1.165, 1.54) is 0 Å². The third-order valence-electron chi connectivity index (χ3n) is 5.60. The Morgan fingerprint density at radius 3 is 2.57 bits per heavy atom. The van der Waals surface area contributed by atoms with Crippen molar-refractivity contribution < 1.29 is 4.74 Å². The van der Waals surface area contributed by atoms with Gasteiger partial charge in [-0.2, -0.15) is 10.2 Å². The molecule has 0 atom stereocenters. The van der Waals surface area contributed by atoms with Crippen molar-refractivity contribution in [2.75, 3.05) is 43.1 Å². The highest BCUT2D eigenvalue weighted by Gasteiger charge is 2.23. The Kier molecular flexibility index (Phi) is 4.36. The molecule has 0 radical (unpaired) electrons. The van der Waals surface area contributed by atoms with Crippen molar-refractivity contribution >= 4 is 28.3 Å². The number of aryl methyl sites for hydroxylation is 1. The first kappa shape index (κ1) is 18.2. The van der Waals surface area contributed by atoms with Crippen LogP contribution in [-0.2, 0) is 0 Å². The molecular weight excluding hydrogens is 378 g/mol. The number of fused-ring (bicyclic) bond motifs is 3. The minimum Gasteiger partial charge on any atom is -0.480 e. The summed E-state index contributed by atoms with van der Waals surface area (Å²) in [6.07, 6.45) is 3.38. The number of nitrogens with zero attached hydrogens (tertiary/aromatic N) is 7. The zero-order chi connectivity index (χ0) is 20.7. The number of imidazole rings is 1. The van der Waals surface area contributed by atoms with Gasteiger partial charge < -0.3 is 14.5 Å². The maximum Gasteiger partial charge on any atom is 0.233 e. The minimum atomic E-state index is 0.518. The zero-order valence-corrected chi connectivity index (χ0v) is 16.9. The molecule has 3 aromatic heterocycles. The second-order valence-corrected chi connectivity index (χ2v) is 7.33. The molecular formula is C22H21N7O. The molecule has 0 unspecified atom stereocenters. The highest BCUT2D eigenvalue weighted by atomic mass is 16.5. The molecule has 0 bridgehead atoms. The number of piperazine rings is 1. The molecule has 1 aromatic carbocycles. The Hall–Kier alpha value is -3.86. The van der Waals surface area contributed by atoms with Crippen molar-refractivity contribution in [1.29, 1.82) is 5.26 Å². The van der Waals surface area contributed by atoms with Gasteiger partial charge in [-0.25, -0.2) is 4.98 Å². The van der Waals surface area contributed by atoms with Gasteiger partial charge in [0.2, 0.25) is 5.88 Å². The van der Waals surface area contributed by atoms with Crippen molar-refractivity contribution in [2.24, 2.45) is 0 Å². The smallest absolute Gasteiger partial charge is 0.233 e. The van der Waals surface area contributed by atoms with Gasteiger partial charge in [0.15, 0.2) is 11.5 Å². The molecule has 30 heavy (non-hydrogen) atoms. The number of aromatic nitrogens is 4. The van der Waals surface area contributed by atoms with Crippen LogP contribution in [0.1, 0.15) is 11.1 Å². The van der Waals surface area contributed by atoms with Crippen LogP contribution in [0, 0.1) is 18.3 Å². The topological polar surface area (TPSA) is 82.6 Å². The molecule has 4 aromatic rings. The first-order valence-electron chi connectivity index (χ1n) is 9.86. The molecule has 8 heteroatoms. The van der Waals surface area contributed by atoms with Crippen molar-refractivity contribution in [3.8, 4) is 11.9 Å². The fourth-order valence-electron chi connectivity index (χ4n) is 4.06. The SMILES string of the molecule is COc1cncc(N2CCN(c3cc(C)c(C#N)c4nc5ccccc5n34)CC2)n1. The lowest BCUT2D eigenvalue weighted by Crippen LogP contribution is -2.47. The van der Waals surface area contributed by atoms with Gasteiger partial charge in [-0.15, -0.1) is 0 Å². The third-order valence-corrected chi connectivity index (χ3v) is 5.60. The Morgan fingerprint density at radius 2 is 1.80 bits per heavy atom. The van der Waals surface area contributed by atoms with Crippen LogP contribution in [0.15, 0.2) is 42.7 Å². The fraction of sp³-hybridized carbons (Fsp3) is 0.273. The van der Waals surface area contributed by atoms with Crippen molar-refractivity contribution in [3.63, 3.8) is 0 Å². The summed E-state index contributed by atoms with van der Waals surface area (Å²) < 4.78 is 7.32. The van der Waals surface area contributed by atoms with Gasteiger partial charge in [0.25, 0.3) is 0 Å². The number of methoxy groups -OCH3 is 1. The van der Waals surface area contributed by atoms with E-state index in [0.29, 0.717) is 11.4 Å². The largest absolute Gasteiger partial charge is 0.480 e. The number of para-hydroxylation sites is 2. The van der Waals surface area contributed by atoms with Gasteiger partial charge in [-0.05, 0) is 30.7 Å². The third kappa shape index (κ3) is 2.87. The van der Waals surface area contributed by atoms with E-state index in [1.54, 1.807) is 19.5 Å². The van der Waals surface area contributed by atoms with Crippen LogP contribution in [-0.4, -0.2) is 52.6 Å². The Balaban J connectivity index is 1.52. The van der Waals surface area contributed by atoms with E-state index in [-0.39, 0.29) is 0 Å². The van der Waals surface area contributed by atoms with Gasteiger partial charge in [-0.3, -0.25) is 9.38 Å². The summed E-state index contributed by atoms with van der Waals surface area (Å²) in [5.74, 6) is 2.40. The number of pyridine rings is 1. The van der Waals surface area contributed by atoms with E-state index in [4.69, 9.17) is 9.72 Å². The molecule has 4 heterocycles. The lowest BCUT2D eigenvalue weighted by Gasteiger charge is -2.37. The average Bonchev–Trinajstić information content (AvgIpc) is 3.18. The van der Waals surface area contributed by atoms with Gasteiger partial charge in [0.05, 0.1) is 36.1 Å². The van der Waals surface area contributed by atoms with E-state index in [0.717, 1.165) is 60.1 Å². The van der Waals surface area contributed by atoms with E-state index < -0.39 is 0 Å². The molecule has 0 aliphatic carbocycles. The van der Waals surface area contributed by atoms with Gasteiger partial charge in [0, 0.05) is 26.2 Å². The lowest BCUT2D eigenvalue weighted by atomic mass is 10.1. The highest BCUT2D eigenvalue weighted by molar-refractivity contribution is 5.85. The average molecular weight is 399 g/mol. The summed E-state index contributed by atoms with van der Waals surface area (Å²) >= 11 is 0. The van der Waals surface area contributed by atoms with Crippen LogP contribution in [0.2, 0.25) is 0 Å². The number of anilines is 2. The number of benzene rings is 1. The zero-order valence-electron chi connectivity index (χ0n) is 16.9.